The fraction of sp³-hybridized carbons (Fsp3) is 0.538. The van der Waals surface area contributed by atoms with Gasteiger partial charge in [-0.1, -0.05) is 0 Å². The van der Waals surface area contributed by atoms with Gasteiger partial charge in [-0.3, -0.25) is 4.79 Å². The van der Waals surface area contributed by atoms with E-state index >= 15 is 0 Å². The molecule has 1 aromatic rings. The van der Waals surface area contributed by atoms with Gasteiger partial charge in [-0.2, -0.15) is 0 Å². The molecule has 1 unspecified atom stereocenters. The van der Waals surface area contributed by atoms with Gasteiger partial charge in [0.25, 0.3) is 0 Å². The number of pyridine rings is 1. The summed E-state index contributed by atoms with van der Waals surface area (Å²) in [5, 5.41) is 0. The van der Waals surface area contributed by atoms with Gasteiger partial charge in [0.05, 0.1) is 12.5 Å². The maximum Gasteiger partial charge on any atom is 0.309 e. The summed E-state index contributed by atoms with van der Waals surface area (Å²) < 4.78 is 6.07. The summed E-state index contributed by atoms with van der Waals surface area (Å²) >= 11 is 3.38. The summed E-state index contributed by atoms with van der Waals surface area (Å²) in [5.41, 5.74) is 0. The van der Waals surface area contributed by atoms with Crippen molar-refractivity contribution < 1.29 is 9.53 Å². The Morgan fingerprint density at radius 3 is 2.78 bits per heavy atom. The number of piperidine rings is 1. The van der Waals surface area contributed by atoms with E-state index in [0.29, 0.717) is 18.4 Å². The number of carbonyl (C=O) groups excluding carboxylic acids is 1. The molecule has 96 valence electrons. The van der Waals surface area contributed by atoms with Crippen molar-refractivity contribution >= 4 is 27.7 Å². The van der Waals surface area contributed by atoms with Crippen LogP contribution in [0.15, 0.2) is 22.8 Å². The summed E-state index contributed by atoms with van der Waals surface area (Å²) in [6, 6.07) is 4.00. The largest absolute Gasteiger partial charge is 0.466 e. The number of fused-ring (bicyclic) bond motifs is 1. The lowest BCUT2D eigenvalue weighted by Crippen LogP contribution is -2.27. The fourth-order valence-electron chi connectivity index (χ4n) is 2.86. The maximum atomic E-state index is 11.6. The first-order valence-corrected chi connectivity index (χ1v) is 7.03. The molecule has 1 aliphatic carbocycles. The van der Waals surface area contributed by atoms with Gasteiger partial charge in [-0.25, -0.2) is 4.98 Å². The predicted molar refractivity (Wildman–Crippen MR) is 71.3 cm³/mol. The number of esters is 1. The first kappa shape index (κ1) is 12.0. The van der Waals surface area contributed by atoms with Crippen molar-refractivity contribution in [3.63, 3.8) is 0 Å². The highest BCUT2D eigenvalue weighted by atomic mass is 79.9. The van der Waals surface area contributed by atoms with E-state index in [-0.39, 0.29) is 11.9 Å². The van der Waals surface area contributed by atoms with E-state index in [1.807, 2.05) is 25.3 Å². The van der Waals surface area contributed by atoms with Gasteiger partial charge < -0.3 is 9.64 Å². The summed E-state index contributed by atoms with van der Waals surface area (Å²) in [7, 11) is 0. The van der Waals surface area contributed by atoms with E-state index in [1.165, 1.54) is 0 Å². The molecule has 0 radical (unpaired) electrons. The quantitative estimate of drug-likeness (QED) is 0.802. The van der Waals surface area contributed by atoms with E-state index in [4.69, 9.17) is 4.74 Å². The zero-order chi connectivity index (χ0) is 12.7. The Bertz CT molecular complexity index is 451. The summed E-state index contributed by atoms with van der Waals surface area (Å²) in [5.74, 6) is 2.05. The molecule has 2 fully saturated rings. The molecule has 1 saturated carbocycles. The van der Waals surface area contributed by atoms with Gasteiger partial charge >= 0.3 is 5.97 Å². The number of hydrogen-bond acceptors (Lipinski definition) is 4. The molecular weight excluding hydrogens is 296 g/mol. The minimum absolute atomic E-state index is 0.0177. The van der Waals surface area contributed by atoms with E-state index in [2.05, 4.69) is 25.8 Å². The maximum absolute atomic E-state index is 11.6. The second-order valence-corrected chi connectivity index (χ2v) is 5.76. The molecule has 0 amide bonds. The number of halogens is 1. The van der Waals surface area contributed by atoms with E-state index in [9.17, 15) is 4.79 Å². The lowest BCUT2D eigenvalue weighted by Gasteiger charge is -2.20. The Labute approximate surface area is 114 Å². The molecule has 3 rings (SSSR count). The second kappa shape index (κ2) is 4.53. The number of carbonyl (C=O) groups is 1. The third kappa shape index (κ3) is 2.00. The van der Waals surface area contributed by atoms with Crippen LogP contribution in [0.2, 0.25) is 0 Å². The summed E-state index contributed by atoms with van der Waals surface area (Å²) in [6.45, 7) is 4.17. The van der Waals surface area contributed by atoms with Crippen LogP contribution in [0, 0.1) is 17.8 Å². The lowest BCUT2D eigenvalue weighted by atomic mass is 10.2. The molecule has 2 aliphatic rings. The molecule has 1 saturated heterocycles. The molecule has 0 aromatic carbocycles. The summed E-state index contributed by atoms with van der Waals surface area (Å²) in [4.78, 5) is 18.3. The molecule has 0 spiro atoms. The highest BCUT2D eigenvalue weighted by molar-refractivity contribution is 9.10. The van der Waals surface area contributed by atoms with Gasteiger partial charge in [0.1, 0.15) is 5.82 Å². The fourth-order valence-corrected chi connectivity index (χ4v) is 3.09. The van der Waals surface area contributed by atoms with Crippen molar-refractivity contribution in [2.75, 3.05) is 24.6 Å². The number of anilines is 1. The molecule has 18 heavy (non-hydrogen) atoms. The van der Waals surface area contributed by atoms with Crippen molar-refractivity contribution in [1.29, 1.82) is 0 Å². The SMILES string of the molecule is CCOC(=O)C1[C@H]2CN(c3ccc(Br)cn3)C[C@@H]12. The monoisotopic (exact) mass is 310 g/mol. The van der Waals surface area contributed by atoms with Crippen molar-refractivity contribution in [3.05, 3.63) is 22.8 Å². The highest BCUT2D eigenvalue weighted by Gasteiger charge is 2.60. The number of aromatic nitrogens is 1. The van der Waals surface area contributed by atoms with Gasteiger partial charge in [0.2, 0.25) is 0 Å². The molecule has 1 aromatic heterocycles. The molecule has 0 bridgehead atoms. The van der Waals surface area contributed by atoms with Gasteiger partial charge in [-0.05, 0) is 46.8 Å². The van der Waals surface area contributed by atoms with Crippen LogP contribution in [-0.4, -0.2) is 30.6 Å². The molecule has 3 atom stereocenters. The zero-order valence-electron chi connectivity index (χ0n) is 10.2. The molecule has 0 N–H and O–H groups in total. The van der Waals surface area contributed by atoms with Gasteiger partial charge in [0, 0.05) is 23.8 Å². The minimum Gasteiger partial charge on any atom is -0.466 e. The van der Waals surface area contributed by atoms with Crippen molar-refractivity contribution in [1.82, 2.24) is 4.98 Å². The topological polar surface area (TPSA) is 42.4 Å². The van der Waals surface area contributed by atoms with Crippen LogP contribution in [0.5, 0.6) is 0 Å². The van der Waals surface area contributed by atoms with Crippen LogP contribution in [0.3, 0.4) is 0 Å². The van der Waals surface area contributed by atoms with Crippen LogP contribution < -0.4 is 4.90 Å². The van der Waals surface area contributed by atoms with E-state index < -0.39 is 0 Å². The Balaban J connectivity index is 1.60. The Kier molecular flexibility index (Phi) is 3.01. The van der Waals surface area contributed by atoms with Crippen LogP contribution in [0.25, 0.3) is 0 Å². The smallest absolute Gasteiger partial charge is 0.309 e. The van der Waals surface area contributed by atoms with Crippen molar-refractivity contribution in [2.45, 2.75) is 6.92 Å². The predicted octanol–water partition coefficient (Wildman–Crippen LogP) is 2.09. The van der Waals surface area contributed by atoms with E-state index in [1.54, 1.807) is 0 Å². The average molecular weight is 311 g/mol. The van der Waals surface area contributed by atoms with E-state index in [0.717, 1.165) is 23.4 Å². The average Bonchev–Trinajstić information content (AvgIpc) is 2.86. The first-order valence-electron chi connectivity index (χ1n) is 6.24. The molecule has 1 aliphatic heterocycles. The molecule has 2 heterocycles. The Morgan fingerprint density at radius 2 is 2.22 bits per heavy atom. The normalized spacial score (nSPS) is 29.0. The minimum atomic E-state index is -0.0177. The highest BCUT2D eigenvalue weighted by Crippen LogP contribution is 2.52. The van der Waals surface area contributed by atoms with Crippen LogP contribution in [0.4, 0.5) is 5.82 Å². The Hall–Kier alpha value is -1.10. The molecule has 5 heteroatoms. The Morgan fingerprint density at radius 1 is 1.50 bits per heavy atom. The molecule has 4 nitrogen and oxygen atoms in total. The number of ether oxygens (including phenoxy) is 1. The number of rotatable bonds is 3. The number of hydrogen-bond donors (Lipinski definition) is 0. The van der Waals surface area contributed by atoms with Gasteiger partial charge in [-0.15, -0.1) is 0 Å². The van der Waals surface area contributed by atoms with Crippen LogP contribution in [-0.2, 0) is 9.53 Å². The van der Waals surface area contributed by atoms with Crippen LogP contribution >= 0.6 is 15.9 Å². The molecular formula is C13H15BrN2O2. The van der Waals surface area contributed by atoms with Crippen LogP contribution in [0.1, 0.15) is 6.92 Å². The zero-order valence-corrected chi connectivity index (χ0v) is 11.8. The van der Waals surface area contributed by atoms with Crippen molar-refractivity contribution in [3.8, 4) is 0 Å². The first-order chi connectivity index (χ1) is 8.70. The number of nitrogens with zero attached hydrogens (tertiary/aromatic N) is 2. The second-order valence-electron chi connectivity index (χ2n) is 4.85. The lowest BCUT2D eigenvalue weighted by molar-refractivity contribution is -0.145. The third-order valence-corrected chi connectivity index (χ3v) is 4.26. The van der Waals surface area contributed by atoms with Crippen molar-refractivity contribution in [2.24, 2.45) is 17.8 Å². The standard InChI is InChI=1S/C13H15BrN2O2/c1-2-18-13(17)12-9-6-16(7-10(9)12)11-4-3-8(14)5-15-11/h3-5,9-10,12H,2,6-7H2,1H3/t9-,10+,12?. The summed E-state index contributed by atoms with van der Waals surface area (Å²) in [6.07, 6.45) is 1.81. The third-order valence-electron chi connectivity index (χ3n) is 3.79. The van der Waals surface area contributed by atoms with Gasteiger partial charge in [0.15, 0.2) is 0 Å².